The minimum absolute atomic E-state index is 0.00982. The summed E-state index contributed by atoms with van der Waals surface area (Å²) in [5.41, 5.74) is 7.03. The predicted octanol–water partition coefficient (Wildman–Crippen LogP) is 6.04. The Morgan fingerprint density at radius 2 is 1.93 bits per heavy atom. The molecular weight excluding hydrogens is 412 g/mol. The zero-order valence-corrected chi connectivity index (χ0v) is 19.2. The maximum atomic E-state index is 6.44. The molecule has 0 amide bonds. The Morgan fingerprint density at radius 3 is 2.70 bits per heavy atom. The van der Waals surface area contributed by atoms with Gasteiger partial charge < -0.3 is 9.47 Å². The van der Waals surface area contributed by atoms with E-state index < -0.39 is 0 Å². The van der Waals surface area contributed by atoms with E-state index in [0.717, 1.165) is 33.7 Å². The van der Waals surface area contributed by atoms with Crippen molar-refractivity contribution in [2.45, 2.75) is 45.0 Å². The molecule has 4 heterocycles. The van der Waals surface area contributed by atoms with Crippen molar-refractivity contribution in [1.29, 1.82) is 0 Å². The third-order valence-electron chi connectivity index (χ3n) is 6.15. The SMILES string of the molecule is Cc1c(Cl)cccc1-n1c(C)cc(C2C(c3ccccn3)N=C3SC(C)CN32)c1C. The Kier molecular flexibility index (Phi) is 4.91. The van der Waals surface area contributed by atoms with Crippen LogP contribution in [-0.2, 0) is 0 Å². The van der Waals surface area contributed by atoms with Gasteiger partial charge in [-0.15, -0.1) is 0 Å². The molecule has 0 aliphatic carbocycles. The fraction of sp³-hybridized carbons (Fsp3) is 0.333. The van der Waals surface area contributed by atoms with Crippen molar-refractivity contribution in [3.8, 4) is 5.69 Å². The van der Waals surface area contributed by atoms with Crippen LogP contribution in [0.25, 0.3) is 5.69 Å². The minimum atomic E-state index is 0.00982. The van der Waals surface area contributed by atoms with E-state index in [1.54, 1.807) is 0 Å². The average molecular weight is 437 g/mol. The molecular formula is C24H25ClN4S. The number of halogens is 1. The van der Waals surface area contributed by atoms with Crippen LogP contribution in [0.1, 0.15) is 47.2 Å². The van der Waals surface area contributed by atoms with Crippen LogP contribution >= 0.6 is 23.4 Å². The third kappa shape index (κ3) is 3.07. The van der Waals surface area contributed by atoms with Crippen LogP contribution in [0.5, 0.6) is 0 Å². The van der Waals surface area contributed by atoms with Crippen LogP contribution < -0.4 is 0 Å². The van der Waals surface area contributed by atoms with Crippen molar-refractivity contribution in [2.75, 3.05) is 6.54 Å². The van der Waals surface area contributed by atoms with Crippen molar-refractivity contribution >= 4 is 28.5 Å². The highest BCUT2D eigenvalue weighted by Crippen LogP contribution is 2.49. The van der Waals surface area contributed by atoms with E-state index in [1.807, 2.05) is 36.2 Å². The highest BCUT2D eigenvalue weighted by molar-refractivity contribution is 8.14. The van der Waals surface area contributed by atoms with Crippen molar-refractivity contribution < 1.29 is 0 Å². The van der Waals surface area contributed by atoms with Gasteiger partial charge in [0.15, 0.2) is 5.17 Å². The number of thioether (sulfide) groups is 1. The lowest BCUT2D eigenvalue weighted by molar-refractivity contribution is 0.320. The van der Waals surface area contributed by atoms with Crippen LogP contribution in [0.2, 0.25) is 5.02 Å². The highest BCUT2D eigenvalue weighted by Gasteiger charge is 2.44. The second-order valence-electron chi connectivity index (χ2n) is 8.18. The number of hydrogen-bond donors (Lipinski definition) is 0. The van der Waals surface area contributed by atoms with Crippen LogP contribution in [0.3, 0.4) is 0 Å². The van der Waals surface area contributed by atoms with E-state index in [9.17, 15) is 0 Å². The molecule has 30 heavy (non-hydrogen) atoms. The lowest BCUT2D eigenvalue weighted by Gasteiger charge is -2.27. The zero-order chi connectivity index (χ0) is 21.0. The molecule has 3 atom stereocenters. The van der Waals surface area contributed by atoms with E-state index in [-0.39, 0.29) is 12.1 Å². The standard InChI is InChI=1S/C24H25ClN4S/c1-14-12-18(17(4)29(14)21-10-7-8-19(25)16(21)3)23-22(20-9-5-6-11-26-20)27-24-28(23)13-15(2)30-24/h5-12,15,22-23H,13H2,1-4H3. The summed E-state index contributed by atoms with van der Waals surface area (Å²) in [5.74, 6) is 0. The van der Waals surface area contributed by atoms with Gasteiger partial charge in [-0.25, -0.2) is 0 Å². The number of rotatable bonds is 3. The molecule has 154 valence electrons. The highest BCUT2D eigenvalue weighted by atomic mass is 35.5. The van der Waals surface area contributed by atoms with Gasteiger partial charge in [-0.05, 0) is 62.2 Å². The van der Waals surface area contributed by atoms with Gasteiger partial charge in [0.25, 0.3) is 0 Å². The summed E-state index contributed by atoms with van der Waals surface area (Å²) in [6.45, 7) is 9.75. The summed E-state index contributed by atoms with van der Waals surface area (Å²) >= 11 is 8.32. The largest absolute Gasteiger partial charge is 0.341 e. The molecule has 1 fully saturated rings. The summed E-state index contributed by atoms with van der Waals surface area (Å²) in [6, 6.07) is 14.7. The lowest BCUT2D eigenvalue weighted by atomic mass is 9.96. The first kappa shape index (κ1) is 19.7. The molecule has 2 aliphatic rings. The van der Waals surface area contributed by atoms with Crippen molar-refractivity contribution in [3.05, 3.63) is 81.9 Å². The Bertz CT molecular complexity index is 1140. The summed E-state index contributed by atoms with van der Waals surface area (Å²) < 4.78 is 2.33. The lowest BCUT2D eigenvalue weighted by Crippen LogP contribution is -2.28. The number of amidine groups is 1. The molecule has 1 saturated heterocycles. The minimum Gasteiger partial charge on any atom is -0.341 e. The van der Waals surface area contributed by atoms with E-state index >= 15 is 0 Å². The number of aliphatic imine (C=N–C) groups is 1. The molecule has 0 bridgehead atoms. The number of fused-ring (bicyclic) bond motifs is 1. The maximum Gasteiger partial charge on any atom is 0.160 e. The molecule has 0 radical (unpaired) electrons. The summed E-state index contributed by atoms with van der Waals surface area (Å²) in [7, 11) is 0. The second-order valence-corrected chi connectivity index (χ2v) is 10.00. The molecule has 5 rings (SSSR count). The number of aromatic nitrogens is 2. The summed E-state index contributed by atoms with van der Waals surface area (Å²) in [6.07, 6.45) is 1.87. The van der Waals surface area contributed by atoms with Gasteiger partial charge in [-0.3, -0.25) is 9.98 Å². The van der Waals surface area contributed by atoms with Gasteiger partial charge in [-0.1, -0.05) is 42.4 Å². The number of benzene rings is 1. The monoisotopic (exact) mass is 436 g/mol. The molecule has 3 unspecified atom stereocenters. The van der Waals surface area contributed by atoms with Gasteiger partial charge >= 0.3 is 0 Å². The zero-order valence-electron chi connectivity index (χ0n) is 17.6. The number of hydrogen-bond acceptors (Lipinski definition) is 4. The van der Waals surface area contributed by atoms with E-state index in [2.05, 4.69) is 66.4 Å². The molecule has 4 nitrogen and oxygen atoms in total. The van der Waals surface area contributed by atoms with E-state index in [1.165, 1.54) is 17.0 Å². The third-order valence-corrected chi connectivity index (χ3v) is 7.66. The number of aryl methyl sites for hydroxylation is 1. The van der Waals surface area contributed by atoms with Gasteiger partial charge in [0, 0.05) is 40.1 Å². The van der Waals surface area contributed by atoms with Crippen LogP contribution in [0.4, 0.5) is 0 Å². The molecule has 2 aliphatic heterocycles. The van der Waals surface area contributed by atoms with Crippen LogP contribution in [-0.4, -0.2) is 31.4 Å². The van der Waals surface area contributed by atoms with Gasteiger partial charge in [0.1, 0.15) is 6.04 Å². The Morgan fingerprint density at radius 1 is 1.10 bits per heavy atom. The molecule has 3 aromatic rings. The van der Waals surface area contributed by atoms with E-state index in [4.69, 9.17) is 16.6 Å². The molecule has 0 spiro atoms. The van der Waals surface area contributed by atoms with E-state index in [0.29, 0.717) is 5.25 Å². The van der Waals surface area contributed by atoms with Gasteiger partial charge in [-0.2, -0.15) is 0 Å². The van der Waals surface area contributed by atoms with Gasteiger partial charge in [0.05, 0.1) is 11.7 Å². The summed E-state index contributed by atoms with van der Waals surface area (Å²) in [4.78, 5) is 12.3. The number of nitrogens with zero attached hydrogens (tertiary/aromatic N) is 4. The normalized spacial score (nSPS) is 23.0. The van der Waals surface area contributed by atoms with Crippen molar-refractivity contribution in [2.24, 2.45) is 4.99 Å². The topological polar surface area (TPSA) is 33.4 Å². The Hall–Kier alpha value is -2.24. The van der Waals surface area contributed by atoms with Crippen LogP contribution in [0, 0.1) is 20.8 Å². The van der Waals surface area contributed by atoms with Crippen LogP contribution in [0.15, 0.2) is 53.7 Å². The van der Waals surface area contributed by atoms with Crippen molar-refractivity contribution in [1.82, 2.24) is 14.5 Å². The first-order valence-corrected chi connectivity index (χ1v) is 11.6. The molecule has 2 aromatic heterocycles. The molecule has 0 N–H and O–H groups in total. The number of pyridine rings is 1. The summed E-state index contributed by atoms with van der Waals surface area (Å²) in [5, 5.41) is 2.49. The Labute approximate surface area is 187 Å². The first-order chi connectivity index (χ1) is 14.5. The maximum absolute atomic E-state index is 6.44. The van der Waals surface area contributed by atoms with Gasteiger partial charge in [0.2, 0.25) is 0 Å². The van der Waals surface area contributed by atoms with Crippen molar-refractivity contribution in [3.63, 3.8) is 0 Å². The Balaban J connectivity index is 1.65. The fourth-order valence-electron chi connectivity index (χ4n) is 4.75. The average Bonchev–Trinajstić information content (AvgIpc) is 3.35. The predicted molar refractivity (Wildman–Crippen MR) is 126 cm³/mol. The quantitative estimate of drug-likeness (QED) is 0.501. The first-order valence-electron chi connectivity index (χ1n) is 10.3. The molecule has 1 aromatic carbocycles. The molecule has 0 saturated carbocycles. The second kappa shape index (κ2) is 7.47. The fourth-order valence-corrected chi connectivity index (χ4v) is 6.01. The smallest absolute Gasteiger partial charge is 0.160 e. The molecule has 6 heteroatoms.